The van der Waals surface area contributed by atoms with Gasteiger partial charge in [0, 0.05) is 10.8 Å². The van der Waals surface area contributed by atoms with E-state index in [-0.39, 0.29) is 22.3 Å². The molecule has 2 aromatic rings. The van der Waals surface area contributed by atoms with Crippen LogP contribution >= 0.6 is 0 Å². The van der Waals surface area contributed by atoms with Crippen LogP contribution in [-0.2, 0) is 0 Å². The van der Waals surface area contributed by atoms with Crippen LogP contribution < -0.4 is 5.43 Å². The van der Waals surface area contributed by atoms with Gasteiger partial charge in [-0.15, -0.1) is 0 Å². The minimum Gasteiger partial charge on any atom is -0.504 e. The van der Waals surface area contributed by atoms with Crippen molar-refractivity contribution in [3.05, 3.63) is 40.6 Å². The maximum Gasteiger partial charge on any atom is 0.220 e. The Morgan fingerprint density at radius 2 is 1.47 bits per heavy atom. The molecule has 3 N–H and O–H groups in total. The van der Waals surface area contributed by atoms with Gasteiger partial charge < -0.3 is 15.3 Å². The summed E-state index contributed by atoms with van der Waals surface area (Å²) in [6.07, 6.45) is 0. The minimum absolute atomic E-state index is 0.209. The summed E-state index contributed by atoms with van der Waals surface area (Å²) >= 11 is 0. The van der Waals surface area contributed by atoms with Gasteiger partial charge in [-0.3, -0.25) is 4.79 Å². The first kappa shape index (κ1) is 9.33. The van der Waals surface area contributed by atoms with Crippen LogP contribution in [0.25, 0.3) is 10.8 Å². The summed E-state index contributed by atoms with van der Waals surface area (Å²) in [5.74, 6) is -1.08. The fourth-order valence-corrected chi connectivity index (χ4v) is 1.42. The van der Waals surface area contributed by atoms with Crippen molar-refractivity contribution in [2.24, 2.45) is 0 Å². The fraction of sp³-hybridized carbons (Fsp3) is 0. The van der Waals surface area contributed by atoms with Crippen molar-refractivity contribution >= 4 is 10.8 Å². The Kier molecular flexibility index (Phi) is 1.97. The summed E-state index contributed by atoms with van der Waals surface area (Å²) in [5.41, 5.74) is -0.532. The van der Waals surface area contributed by atoms with Gasteiger partial charge >= 0.3 is 0 Å². The number of phenolic OH excluding ortho intramolecular Hbond substituents is 2. The van der Waals surface area contributed by atoms with Crippen LogP contribution in [0.15, 0.2) is 35.1 Å². The van der Waals surface area contributed by atoms with Crippen molar-refractivity contribution in [3.8, 4) is 17.2 Å². The maximum atomic E-state index is 11.2. The molecule has 0 bridgehead atoms. The van der Waals surface area contributed by atoms with Crippen molar-refractivity contribution in [2.45, 2.75) is 0 Å². The molecule has 0 aliphatic carbocycles. The van der Waals surface area contributed by atoms with Gasteiger partial charge in [0.1, 0.15) is 0 Å². The van der Waals surface area contributed by atoms with Crippen LogP contribution in [0.3, 0.4) is 0 Å². The summed E-state index contributed by atoms with van der Waals surface area (Å²) in [6.45, 7) is 0. The van der Waals surface area contributed by atoms with Gasteiger partial charge in [0.15, 0.2) is 17.2 Å². The van der Waals surface area contributed by atoms with Gasteiger partial charge in [-0.1, -0.05) is 12.1 Å². The highest BCUT2D eigenvalue weighted by atomic mass is 16.3. The van der Waals surface area contributed by atoms with E-state index in [4.69, 9.17) is 0 Å². The second-order valence-corrected chi connectivity index (χ2v) is 3.13. The van der Waals surface area contributed by atoms with Crippen molar-refractivity contribution in [3.63, 3.8) is 0 Å². The van der Waals surface area contributed by atoms with Crippen LogP contribution in [0, 0.1) is 0 Å². The number of rotatable bonds is 0. The number of hydrogen-bond donors (Lipinski definition) is 3. The molecule has 76 valence electrons. The van der Waals surface area contributed by atoms with Crippen LogP contribution in [0.4, 0.5) is 0 Å². The highest BCUT2D eigenvalue weighted by Crippen LogP contribution is 2.34. The molecule has 0 aliphatic heterocycles. The molecule has 2 aromatic carbocycles. The molecule has 0 unspecified atom stereocenters. The minimum atomic E-state index is -0.532. The quantitative estimate of drug-likeness (QED) is 0.565. The van der Waals surface area contributed by atoms with E-state index < -0.39 is 11.2 Å². The highest BCUT2D eigenvalue weighted by molar-refractivity contribution is 5.93. The lowest BCUT2D eigenvalue weighted by Gasteiger charge is -2.00. The van der Waals surface area contributed by atoms with E-state index in [2.05, 4.69) is 0 Å². The summed E-state index contributed by atoms with van der Waals surface area (Å²) in [4.78, 5) is 11.2. The van der Waals surface area contributed by atoms with E-state index in [0.717, 1.165) is 0 Å². The standard InChI is InChI=1S/C11H8O4/c12-8-3-1-2-6-7(11(8)15)4-5-9(13)10(6)14/h1-5,13-14H,(H,12,15). The number of benzene rings is 1. The normalized spacial score (nSPS) is 10.4. The van der Waals surface area contributed by atoms with Crippen LogP contribution in [0.1, 0.15) is 0 Å². The van der Waals surface area contributed by atoms with E-state index in [0.29, 0.717) is 0 Å². The second-order valence-electron chi connectivity index (χ2n) is 3.13. The molecule has 0 spiro atoms. The molecule has 0 aliphatic rings. The molecular weight excluding hydrogens is 196 g/mol. The number of fused-ring (bicyclic) bond motifs is 1. The molecular formula is C11H8O4. The lowest BCUT2D eigenvalue weighted by Crippen LogP contribution is -1.92. The van der Waals surface area contributed by atoms with E-state index in [1.54, 1.807) is 0 Å². The third-order valence-electron chi connectivity index (χ3n) is 2.19. The predicted molar refractivity (Wildman–Crippen MR) is 55.2 cm³/mol. The SMILES string of the molecule is O=c1cccc2c(O)c(O)ccc2c1O. The van der Waals surface area contributed by atoms with Gasteiger partial charge in [0.05, 0.1) is 0 Å². The van der Waals surface area contributed by atoms with Crippen molar-refractivity contribution < 1.29 is 15.3 Å². The summed E-state index contributed by atoms with van der Waals surface area (Å²) in [5, 5.41) is 28.7. The van der Waals surface area contributed by atoms with Crippen molar-refractivity contribution in [2.75, 3.05) is 0 Å². The predicted octanol–water partition coefficient (Wildman–Crippen LogP) is 1.32. The van der Waals surface area contributed by atoms with Gasteiger partial charge in [-0.05, 0) is 18.2 Å². The molecule has 0 heterocycles. The molecule has 0 saturated heterocycles. The Bertz CT molecular complexity index is 590. The molecule has 0 amide bonds. The molecule has 0 saturated carbocycles. The van der Waals surface area contributed by atoms with E-state index in [9.17, 15) is 20.1 Å². The Morgan fingerprint density at radius 3 is 2.20 bits per heavy atom. The summed E-state index contributed by atoms with van der Waals surface area (Å²) in [6, 6.07) is 6.64. The zero-order valence-corrected chi connectivity index (χ0v) is 7.64. The first-order valence-electron chi connectivity index (χ1n) is 4.28. The van der Waals surface area contributed by atoms with Gasteiger partial charge in [-0.2, -0.15) is 0 Å². The Morgan fingerprint density at radius 1 is 0.800 bits per heavy atom. The third-order valence-corrected chi connectivity index (χ3v) is 2.19. The molecule has 0 fully saturated rings. The lowest BCUT2D eigenvalue weighted by molar-refractivity contribution is 0.408. The smallest absolute Gasteiger partial charge is 0.220 e. The van der Waals surface area contributed by atoms with Crippen LogP contribution in [0.5, 0.6) is 17.2 Å². The molecule has 4 nitrogen and oxygen atoms in total. The Hall–Kier alpha value is -2.23. The average molecular weight is 204 g/mol. The van der Waals surface area contributed by atoms with Crippen LogP contribution in [0.2, 0.25) is 0 Å². The van der Waals surface area contributed by atoms with E-state index >= 15 is 0 Å². The monoisotopic (exact) mass is 204 g/mol. The summed E-state index contributed by atoms with van der Waals surface area (Å²) < 4.78 is 0. The zero-order valence-electron chi connectivity index (χ0n) is 7.64. The molecule has 15 heavy (non-hydrogen) atoms. The topological polar surface area (TPSA) is 77.8 Å². The fourth-order valence-electron chi connectivity index (χ4n) is 1.42. The van der Waals surface area contributed by atoms with E-state index in [1.165, 1.54) is 30.3 Å². The molecule has 0 atom stereocenters. The maximum absolute atomic E-state index is 11.2. The third kappa shape index (κ3) is 1.36. The van der Waals surface area contributed by atoms with Gasteiger partial charge in [-0.25, -0.2) is 0 Å². The molecule has 0 radical (unpaired) electrons. The van der Waals surface area contributed by atoms with E-state index in [1.807, 2.05) is 0 Å². The lowest BCUT2D eigenvalue weighted by atomic mass is 10.1. The molecule has 4 heteroatoms. The number of phenols is 2. The second kappa shape index (κ2) is 3.16. The molecule has 2 rings (SSSR count). The Labute approximate surface area is 84.7 Å². The number of hydrogen-bond acceptors (Lipinski definition) is 4. The molecule has 0 aromatic heterocycles. The first-order chi connectivity index (χ1) is 7.11. The average Bonchev–Trinajstić information content (AvgIpc) is 2.35. The van der Waals surface area contributed by atoms with Gasteiger partial charge in [0.2, 0.25) is 5.43 Å². The van der Waals surface area contributed by atoms with Crippen molar-refractivity contribution in [1.29, 1.82) is 0 Å². The largest absolute Gasteiger partial charge is 0.504 e. The highest BCUT2D eigenvalue weighted by Gasteiger charge is 2.08. The Balaban J connectivity index is 3.08. The summed E-state index contributed by atoms with van der Waals surface area (Å²) in [7, 11) is 0. The van der Waals surface area contributed by atoms with Gasteiger partial charge in [0.25, 0.3) is 0 Å². The van der Waals surface area contributed by atoms with Crippen LogP contribution in [-0.4, -0.2) is 15.3 Å². The first-order valence-corrected chi connectivity index (χ1v) is 4.28. The number of aromatic hydroxyl groups is 3. The zero-order chi connectivity index (χ0) is 11.0. The van der Waals surface area contributed by atoms with Crippen molar-refractivity contribution in [1.82, 2.24) is 0 Å².